The van der Waals surface area contributed by atoms with Gasteiger partial charge < -0.3 is 5.32 Å². The van der Waals surface area contributed by atoms with E-state index in [1.165, 1.54) is 35.5 Å². The van der Waals surface area contributed by atoms with Gasteiger partial charge in [0.05, 0.1) is 4.34 Å². The van der Waals surface area contributed by atoms with Crippen LogP contribution in [-0.2, 0) is 6.42 Å². The molecule has 1 aromatic heterocycles. The minimum Gasteiger partial charge on any atom is -0.307 e. The van der Waals surface area contributed by atoms with Crippen molar-refractivity contribution < 1.29 is 0 Å². The van der Waals surface area contributed by atoms with Crippen molar-refractivity contribution in [2.24, 2.45) is 0 Å². The average Bonchev–Trinajstić information content (AvgIpc) is 2.60. The lowest BCUT2D eigenvalue weighted by atomic mass is 9.93. The highest BCUT2D eigenvalue weighted by Gasteiger charge is 2.23. The van der Waals surface area contributed by atoms with E-state index in [1.807, 2.05) is 11.8 Å². The Labute approximate surface area is 111 Å². The van der Waals surface area contributed by atoms with Gasteiger partial charge >= 0.3 is 0 Å². The lowest BCUT2D eigenvalue weighted by Crippen LogP contribution is -2.33. The lowest BCUT2D eigenvalue weighted by Gasteiger charge is -2.26. The highest BCUT2D eigenvalue weighted by molar-refractivity contribution is 7.98. The predicted octanol–water partition coefficient (Wildman–Crippen LogP) is 4.12. The van der Waals surface area contributed by atoms with Gasteiger partial charge in [0.25, 0.3) is 0 Å². The topological polar surface area (TPSA) is 12.0 Å². The van der Waals surface area contributed by atoms with Gasteiger partial charge in [-0.15, -0.1) is 11.3 Å². The van der Waals surface area contributed by atoms with Crippen molar-refractivity contribution in [3.63, 3.8) is 0 Å². The molecule has 0 bridgehead atoms. The zero-order valence-electron chi connectivity index (χ0n) is 9.75. The summed E-state index contributed by atoms with van der Waals surface area (Å²) in [5.74, 6) is 1.17. The lowest BCUT2D eigenvalue weighted by molar-refractivity contribution is 0.429. The van der Waals surface area contributed by atoms with Crippen molar-refractivity contribution in [1.82, 2.24) is 5.32 Å². The second-order valence-electron chi connectivity index (χ2n) is 4.40. The first-order valence-electron chi connectivity index (χ1n) is 5.73. The maximum Gasteiger partial charge on any atom is 0.0934 e. The van der Waals surface area contributed by atoms with Crippen LogP contribution in [0.3, 0.4) is 0 Å². The van der Waals surface area contributed by atoms with E-state index in [0.29, 0.717) is 12.1 Å². The van der Waals surface area contributed by atoms with E-state index in [-0.39, 0.29) is 0 Å². The fourth-order valence-electron chi connectivity index (χ4n) is 2.34. The maximum atomic E-state index is 6.10. The molecule has 1 N–H and O–H groups in total. The standard InChI is InChI=1S/C12H18ClNS2/c1-8(7-15-2)14-10-4-3-5-11-9(10)6-12(13)16-11/h6,8,10,14H,3-5,7H2,1-2H3. The van der Waals surface area contributed by atoms with Gasteiger partial charge in [-0.05, 0) is 44.1 Å². The molecule has 0 saturated heterocycles. The number of halogens is 1. The van der Waals surface area contributed by atoms with Crippen LogP contribution in [0.5, 0.6) is 0 Å². The minimum absolute atomic E-state index is 0.523. The van der Waals surface area contributed by atoms with Crippen LogP contribution in [0, 0.1) is 0 Å². The Kier molecular flexibility index (Phi) is 4.59. The average molecular weight is 276 g/mol. The second kappa shape index (κ2) is 5.76. The van der Waals surface area contributed by atoms with Gasteiger partial charge in [0.1, 0.15) is 0 Å². The number of thiophene rings is 1. The third kappa shape index (κ3) is 2.95. The smallest absolute Gasteiger partial charge is 0.0934 e. The molecule has 16 heavy (non-hydrogen) atoms. The molecule has 2 rings (SSSR count). The summed E-state index contributed by atoms with van der Waals surface area (Å²) in [5.41, 5.74) is 1.45. The quantitative estimate of drug-likeness (QED) is 0.887. The largest absolute Gasteiger partial charge is 0.307 e. The first-order valence-corrected chi connectivity index (χ1v) is 8.32. The normalized spacial score (nSPS) is 21.8. The van der Waals surface area contributed by atoms with Gasteiger partial charge in [-0.1, -0.05) is 11.6 Å². The number of hydrogen-bond donors (Lipinski definition) is 1. The van der Waals surface area contributed by atoms with E-state index in [4.69, 9.17) is 11.6 Å². The molecule has 1 heterocycles. The molecule has 0 spiro atoms. The Hall–Kier alpha value is 0.300. The number of thioether (sulfide) groups is 1. The van der Waals surface area contributed by atoms with Gasteiger partial charge in [0.15, 0.2) is 0 Å². The Morgan fingerprint density at radius 1 is 1.69 bits per heavy atom. The molecule has 0 radical (unpaired) electrons. The molecule has 0 aromatic carbocycles. The molecule has 0 amide bonds. The van der Waals surface area contributed by atoms with E-state index in [2.05, 4.69) is 24.6 Å². The van der Waals surface area contributed by atoms with Crippen molar-refractivity contribution in [1.29, 1.82) is 0 Å². The Balaban J connectivity index is 2.06. The molecule has 0 fully saturated rings. The third-order valence-corrected chi connectivity index (χ3v) is 5.16. The van der Waals surface area contributed by atoms with E-state index in [1.54, 1.807) is 11.3 Å². The van der Waals surface area contributed by atoms with Crippen LogP contribution in [0.15, 0.2) is 6.07 Å². The molecule has 2 unspecified atom stereocenters. The van der Waals surface area contributed by atoms with Crippen LogP contribution in [0.1, 0.15) is 36.2 Å². The Morgan fingerprint density at radius 2 is 2.50 bits per heavy atom. The summed E-state index contributed by atoms with van der Waals surface area (Å²) in [6.07, 6.45) is 5.90. The molecular formula is C12H18ClNS2. The highest BCUT2D eigenvalue weighted by Crippen LogP contribution is 2.37. The number of aryl methyl sites for hydroxylation is 1. The fraction of sp³-hybridized carbons (Fsp3) is 0.667. The van der Waals surface area contributed by atoms with Crippen LogP contribution in [0.4, 0.5) is 0 Å². The first-order chi connectivity index (χ1) is 7.70. The monoisotopic (exact) mass is 275 g/mol. The van der Waals surface area contributed by atoms with Gasteiger partial charge in [0, 0.05) is 22.7 Å². The van der Waals surface area contributed by atoms with Gasteiger partial charge in [0.2, 0.25) is 0 Å². The van der Waals surface area contributed by atoms with E-state index >= 15 is 0 Å². The summed E-state index contributed by atoms with van der Waals surface area (Å²) in [6, 6.07) is 3.25. The fourth-order valence-corrected chi connectivity index (χ4v) is 4.32. The number of rotatable bonds is 4. The Bertz CT molecular complexity index is 351. The number of fused-ring (bicyclic) bond motifs is 1. The van der Waals surface area contributed by atoms with Crippen molar-refractivity contribution in [2.75, 3.05) is 12.0 Å². The van der Waals surface area contributed by atoms with Gasteiger partial charge in [-0.2, -0.15) is 11.8 Å². The SMILES string of the molecule is CSCC(C)NC1CCCc2sc(Cl)cc21. The van der Waals surface area contributed by atoms with Crippen LogP contribution in [0.25, 0.3) is 0 Å². The molecule has 0 aliphatic heterocycles. The third-order valence-electron chi connectivity index (χ3n) is 2.99. The van der Waals surface area contributed by atoms with E-state index in [9.17, 15) is 0 Å². The van der Waals surface area contributed by atoms with E-state index < -0.39 is 0 Å². The van der Waals surface area contributed by atoms with Crippen LogP contribution in [0.2, 0.25) is 4.34 Å². The molecule has 1 aromatic rings. The van der Waals surface area contributed by atoms with Crippen LogP contribution < -0.4 is 5.32 Å². The molecule has 0 saturated carbocycles. The second-order valence-corrected chi connectivity index (χ2v) is 7.08. The van der Waals surface area contributed by atoms with Crippen molar-refractivity contribution in [2.45, 2.75) is 38.3 Å². The molecule has 1 aliphatic carbocycles. The zero-order chi connectivity index (χ0) is 11.5. The van der Waals surface area contributed by atoms with Gasteiger partial charge in [-0.25, -0.2) is 0 Å². The summed E-state index contributed by atoms with van der Waals surface area (Å²) >= 11 is 9.75. The van der Waals surface area contributed by atoms with Crippen LogP contribution >= 0.6 is 34.7 Å². The zero-order valence-corrected chi connectivity index (χ0v) is 12.1. The summed E-state index contributed by atoms with van der Waals surface area (Å²) in [5, 5.41) is 3.72. The molecule has 2 atom stereocenters. The number of nitrogens with one attached hydrogen (secondary N) is 1. The maximum absolute atomic E-state index is 6.10. The highest BCUT2D eigenvalue weighted by atomic mass is 35.5. The van der Waals surface area contributed by atoms with E-state index in [0.717, 1.165) is 4.34 Å². The Morgan fingerprint density at radius 3 is 3.25 bits per heavy atom. The molecule has 1 aliphatic rings. The molecule has 90 valence electrons. The number of hydrogen-bond acceptors (Lipinski definition) is 3. The first kappa shape index (κ1) is 12.7. The summed E-state index contributed by atoms with van der Waals surface area (Å²) < 4.78 is 0.941. The summed E-state index contributed by atoms with van der Waals surface area (Å²) in [4.78, 5) is 1.49. The molecular weight excluding hydrogens is 258 g/mol. The van der Waals surface area contributed by atoms with Gasteiger partial charge in [-0.3, -0.25) is 0 Å². The summed E-state index contributed by atoms with van der Waals surface area (Å²) in [7, 11) is 0. The summed E-state index contributed by atoms with van der Waals surface area (Å²) in [6.45, 7) is 2.26. The minimum atomic E-state index is 0.523. The van der Waals surface area contributed by atoms with Crippen molar-refractivity contribution >= 4 is 34.7 Å². The molecule has 1 nitrogen and oxygen atoms in total. The van der Waals surface area contributed by atoms with Crippen LogP contribution in [-0.4, -0.2) is 18.1 Å². The van der Waals surface area contributed by atoms with Crippen molar-refractivity contribution in [3.8, 4) is 0 Å². The predicted molar refractivity (Wildman–Crippen MR) is 76.0 cm³/mol. The van der Waals surface area contributed by atoms with Crippen molar-refractivity contribution in [3.05, 3.63) is 20.8 Å². The molecule has 4 heteroatoms.